The summed E-state index contributed by atoms with van der Waals surface area (Å²) in [6.45, 7) is 0. The van der Waals surface area contributed by atoms with Gasteiger partial charge in [0.2, 0.25) is 0 Å². The van der Waals surface area contributed by atoms with Crippen LogP contribution in [0.5, 0.6) is 0 Å². The van der Waals surface area contributed by atoms with Crippen molar-refractivity contribution in [3.8, 4) is 0 Å². The molecule has 0 aliphatic heterocycles. The molecule has 1 atom stereocenters. The zero-order chi connectivity index (χ0) is 14.9. The van der Waals surface area contributed by atoms with Gasteiger partial charge in [-0.3, -0.25) is 0 Å². The quantitative estimate of drug-likeness (QED) is 0.784. The third kappa shape index (κ3) is 2.47. The third-order valence-electron chi connectivity index (χ3n) is 3.90. The van der Waals surface area contributed by atoms with Gasteiger partial charge in [0.05, 0.1) is 0 Å². The number of anilines is 1. The molecule has 3 aromatic rings. The average Bonchev–Trinajstić information content (AvgIpc) is 3.15. The number of nitrogens with one attached hydrogen (secondary N) is 1. The number of nitrogens with zero attached hydrogens (tertiary/aromatic N) is 4. The second-order valence-corrected chi connectivity index (χ2v) is 5.62. The number of hydrogen-bond donors (Lipinski definition) is 1. The minimum absolute atomic E-state index is 0.131. The van der Waals surface area contributed by atoms with Crippen molar-refractivity contribution in [3.63, 3.8) is 0 Å². The largest absolute Gasteiger partial charge is 0.336 e. The van der Waals surface area contributed by atoms with Gasteiger partial charge in [0.25, 0.3) is 0 Å². The standard InChI is InChI=1S/C16H17N5O/c1-21-10-9-17-15(21)13(11-5-3-2-4-6-11)18-16-19-14(20-22-16)12-7-8-12/h2-6,9-10,12-13H,7-8H2,1H3,(H,18,19,20)/t13-/m1/s1. The first-order chi connectivity index (χ1) is 10.8. The molecule has 6 heteroatoms. The van der Waals surface area contributed by atoms with Crippen LogP contribution >= 0.6 is 0 Å². The van der Waals surface area contributed by atoms with Gasteiger partial charge in [-0.1, -0.05) is 35.5 Å². The maximum Gasteiger partial charge on any atom is 0.322 e. The Morgan fingerprint density at radius 2 is 2.09 bits per heavy atom. The smallest absolute Gasteiger partial charge is 0.322 e. The van der Waals surface area contributed by atoms with E-state index in [4.69, 9.17) is 4.52 Å². The molecule has 6 nitrogen and oxygen atoms in total. The van der Waals surface area contributed by atoms with Crippen LogP contribution in [0.4, 0.5) is 6.01 Å². The van der Waals surface area contributed by atoms with Gasteiger partial charge >= 0.3 is 6.01 Å². The summed E-state index contributed by atoms with van der Waals surface area (Å²) >= 11 is 0. The van der Waals surface area contributed by atoms with Crippen molar-refractivity contribution in [2.24, 2.45) is 7.05 Å². The van der Waals surface area contributed by atoms with Gasteiger partial charge in [0.15, 0.2) is 5.82 Å². The molecule has 2 aromatic heterocycles. The Morgan fingerprint density at radius 1 is 1.27 bits per heavy atom. The summed E-state index contributed by atoms with van der Waals surface area (Å²) in [4.78, 5) is 8.90. The molecule has 1 N–H and O–H groups in total. The zero-order valence-electron chi connectivity index (χ0n) is 12.3. The highest BCUT2D eigenvalue weighted by atomic mass is 16.5. The lowest BCUT2D eigenvalue weighted by Gasteiger charge is -2.17. The van der Waals surface area contributed by atoms with Crippen LogP contribution < -0.4 is 5.32 Å². The number of benzene rings is 1. The van der Waals surface area contributed by atoms with Gasteiger partial charge in [-0.2, -0.15) is 4.98 Å². The van der Waals surface area contributed by atoms with E-state index in [1.165, 1.54) is 0 Å². The zero-order valence-corrected chi connectivity index (χ0v) is 12.3. The predicted molar refractivity (Wildman–Crippen MR) is 81.4 cm³/mol. The molecule has 0 bridgehead atoms. The first-order valence-corrected chi connectivity index (χ1v) is 7.43. The highest BCUT2D eigenvalue weighted by Gasteiger charge is 2.29. The molecule has 2 heterocycles. The van der Waals surface area contributed by atoms with Crippen LogP contribution in [0.2, 0.25) is 0 Å². The summed E-state index contributed by atoms with van der Waals surface area (Å²) in [5.41, 5.74) is 1.10. The fourth-order valence-electron chi connectivity index (χ4n) is 2.52. The van der Waals surface area contributed by atoms with Gasteiger partial charge in [-0.25, -0.2) is 4.98 Å². The van der Waals surface area contributed by atoms with Crippen LogP contribution in [0, 0.1) is 0 Å². The second kappa shape index (κ2) is 5.29. The Hall–Kier alpha value is -2.63. The fraction of sp³-hybridized carbons (Fsp3) is 0.312. The van der Waals surface area contributed by atoms with Gasteiger partial charge in [0, 0.05) is 25.4 Å². The first kappa shape index (κ1) is 13.1. The van der Waals surface area contributed by atoms with Crippen molar-refractivity contribution in [3.05, 3.63) is 59.9 Å². The van der Waals surface area contributed by atoms with E-state index in [2.05, 4.69) is 32.6 Å². The van der Waals surface area contributed by atoms with Crippen LogP contribution in [0.3, 0.4) is 0 Å². The van der Waals surface area contributed by atoms with Gasteiger partial charge in [0.1, 0.15) is 11.9 Å². The van der Waals surface area contributed by atoms with Crippen molar-refractivity contribution in [2.45, 2.75) is 24.8 Å². The van der Waals surface area contributed by atoms with Crippen LogP contribution in [-0.2, 0) is 7.05 Å². The van der Waals surface area contributed by atoms with E-state index in [9.17, 15) is 0 Å². The van der Waals surface area contributed by atoms with E-state index >= 15 is 0 Å². The lowest BCUT2D eigenvalue weighted by Crippen LogP contribution is -2.16. The van der Waals surface area contributed by atoms with E-state index in [0.717, 1.165) is 30.1 Å². The summed E-state index contributed by atoms with van der Waals surface area (Å²) in [5, 5.41) is 7.37. The lowest BCUT2D eigenvalue weighted by atomic mass is 10.1. The van der Waals surface area contributed by atoms with E-state index in [1.54, 1.807) is 6.20 Å². The summed E-state index contributed by atoms with van der Waals surface area (Å²) < 4.78 is 7.34. The molecule has 0 radical (unpaired) electrons. The minimum Gasteiger partial charge on any atom is -0.336 e. The Morgan fingerprint density at radius 3 is 2.77 bits per heavy atom. The summed E-state index contributed by atoms with van der Waals surface area (Å²) in [5.74, 6) is 2.18. The number of hydrogen-bond acceptors (Lipinski definition) is 5. The SMILES string of the molecule is Cn1ccnc1[C@H](Nc1nc(C2CC2)no1)c1ccccc1. The molecular weight excluding hydrogens is 278 g/mol. The highest BCUT2D eigenvalue weighted by Crippen LogP contribution is 2.38. The molecular formula is C16H17N5O. The van der Waals surface area contributed by atoms with E-state index in [-0.39, 0.29) is 6.04 Å². The topological polar surface area (TPSA) is 68.8 Å². The Balaban J connectivity index is 1.66. The Kier molecular flexibility index (Phi) is 3.14. The summed E-state index contributed by atoms with van der Waals surface area (Å²) in [7, 11) is 1.98. The molecule has 1 fully saturated rings. The molecule has 1 saturated carbocycles. The van der Waals surface area contributed by atoms with Crippen molar-refractivity contribution in [1.82, 2.24) is 19.7 Å². The summed E-state index contributed by atoms with van der Waals surface area (Å²) in [6.07, 6.45) is 6.02. The molecule has 22 heavy (non-hydrogen) atoms. The third-order valence-corrected chi connectivity index (χ3v) is 3.90. The molecule has 0 spiro atoms. The van der Waals surface area contributed by atoms with E-state index < -0.39 is 0 Å². The number of imidazole rings is 1. The average molecular weight is 295 g/mol. The maximum absolute atomic E-state index is 5.35. The molecule has 0 amide bonds. The Bertz CT molecular complexity index is 760. The van der Waals surface area contributed by atoms with Gasteiger partial charge in [-0.15, -0.1) is 0 Å². The molecule has 4 rings (SSSR count). The number of aryl methyl sites for hydroxylation is 1. The maximum atomic E-state index is 5.35. The molecule has 1 aliphatic rings. The van der Waals surface area contributed by atoms with Crippen molar-refractivity contribution >= 4 is 6.01 Å². The molecule has 0 saturated heterocycles. The number of aromatic nitrogens is 4. The monoisotopic (exact) mass is 295 g/mol. The van der Waals surface area contributed by atoms with Crippen LogP contribution in [0.25, 0.3) is 0 Å². The highest BCUT2D eigenvalue weighted by molar-refractivity contribution is 5.35. The molecule has 112 valence electrons. The van der Waals surface area contributed by atoms with E-state index in [0.29, 0.717) is 11.9 Å². The number of rotatable bonds is 5. The molecule has 0 unspecified atom stereocenters. The van der Waals surface area contributed by atoms with Gasteiger partial charge in [-0.05, 0) is 18.4 Å². The van der Waals surface area contributed by atoms with Crippen LogP contribution in [0.1, 0.15) is 42.0 Å². The molecule has 1 aromatic carbocycles. The van der Waals surface area contributed by atoms with Crippen molar-refractivity contribution in [2.75, 3.05) is 5.32 Å². The van der Waals surface area contributed by atoms with Gasteiger partial charge < -0.3 is 14.4 Å². The summed E-state index contributed by atoms with van der Waals surface area (Å²) in [6, 6.07) is 10.5. The molecule has 1 aliphatic carbocycles. The minimum atomic E-state index is -0.131. The lowest BCUT2D eigenvalue weighted by molar-refractivity contribution is 0.420. The van der Waals surface area contributed by atoms with E-state index in [1.807, 2.05) is 36.0 Å². The predicted octanol–water partition coefficient (Wildman–Crippen LogP) is 2.88. The fourth-order valence-corrected chi connectivity index (χ4v) is 2.52. The normalized spacial score (nSPS) is 15.7. The Labute approximate surface area is 128 Å². The van der Waals surface area contributed by atoms with Crippen LogP contribution in [-0.4, -0.2) is 19.7 Å². The van der Waals surface area contributed by atoms with Crippen molar-refractivity contribution in [1.29, 1.82) is 0 Å². The van der Waals surface area contributed by atoms with Crippen LogP contribution in [0.15, 0.2) is 47.2 Å². The second-order valence-electron chi connectivity index (χ2n) is 5.62. The van der Waals surface area contributed by atoms with Crippen molar-refractivity contribution < 1.29 is 4.52 Å². The first-order valence-electron chi connectivity index (χ1n) is 7.43.